The van der Waals surface area contributed by atoms with Crippen molar-refractivity contribution < 1.29 is 8.78 Å². The first-order chi connectivity index (χ1) is 10.1. The molecule has 1 aromatic heterocycles. The summed E-state index contributed by atoms with van der Waals surface area (Å²) in [5.41, 5.74) is 1.52. The van der Waals surface area contributed by atoms with E-state index < -0.39 is 11.8 Å². The highest BCUT2D eigenvalue weighted by Gasteiger charge is 2.25. The van der Waals surface area contributed by atoms with Crippen LogP contribution >= 0.6 is 11.6 Å². The summed E-state index contributed by atoms with van der Waals surface area (Å²) in [5.74, 6) is -0.984. The lowest BCUT2D eigenvalue weighted by Gasteiger charge is -2.30. The number of benzene rings is 1. The van der Waals surface area contributed by atoms with Crippen LogP contribution in [-0.2, 0) is 0 Å². The molecular weight excluding hydrogens is 296 g/mol. The van der Waals surface area contributed by atoms with Crippen LogP contribution in [0.25, 0.3) is 0 Å². The van der Waals surface area contributed by atoms with E-state index in [0.29, 0.717) is 0 Å². The van der Waals surface area contributed by atoms with E-state index in [4.69, 9.17) is 11.6 Å². The summed E-state index contributed by atoms with van der Waals surface area (Å²) in [6.45, 7) is 1.71. The van der Waals surface area contributed by atoms with Crippen molar-refractivity contribution in [2.45, 2.75) is 12.5 Å². The number of hydrogen-bond donors (Lipinski definition) is 1. The minimum Gasteiger partial charge on any atom is -0.336 e. The van der Waals surface area contributed by atoms with Crippen LogP contribution in [0.15, 0.2) is 36.5 Å². The number of pyridine rings is 1. The van der Waals surface area contributed by atoms with Gasteiger partial charge in [-0.25, -0.2) is 9.37 Å². The molecule has 110 valence electrons. The summed E-state index contributed by atoms with van der Waals surface area (Å²) in [7, 11) is 0. The Hall–Kier alpha value is -1.72. The van der Waals surface area contributed by atoms with Gasteiger partial charge in [-0.15, -0.1) is 0 Å². The smallest absolute Gasteiger partial charge is 0.212 e. The van der Waals surface area contributed by atoms with E-state index in [1.165, 1.54) is 18.3 Å². The van der Waals surface area contributed by atoms with Gasteiger partial charge in [-0.3, -0.25) is 0 Å². The standard InChI is InChI=1S/C15H14ClF2N3/c16-13-7-10(1-3-14(13)17)21(12-5-6-19-8-12)11-2-4-15(18)20-9-11/h1-4,7,9,12,19H,5-6,8H2. The molecular formula is C15H14ClF2N3. The van der Waals surface area contributed by atoms with Gasteiger partial charge in [0.15, 0.2) is 0 Å². The first-order valence-electron chi connectivity index (χ1n) is 6.72. The summed E-state index contributed by atoms with van der Waals surface area (Å²) in [5, 5.41) is 3.35. The summed E-state index contributed by atoms with van der Waals surface area (Å²) < 4.78 is 26.4. The van der Waals surface area contributed by atoms with E-state index in [9.17, 15) is 8.78 Å². The lowest BCUT2D eigenvalue weighted by molar-refractivity contribution is 0.582. The number of anilines is 2. The number of nitrogens with zero attached hydrogens (tertiary/aromatic N) is 2. The molecule has 1 aromatic carbocycles. The van der Waals surface area contributed by atoms with Gasteiger partial charge in [0.2, 0.25) is 5.95 Å². The maximum absolute atomic E-state index is 13.4. The number of hydrogen-bond acceptors (Lipinski definition) is 3. The topological polar surface area (TPSA) is 28.2 Å². The van der Waals surface area contributed by atoms with Gasteiger partial charge in [0.1, 0.15) is 5.82 Å². The quantitative estimate of drug-likeness (QED) is 0.879. The molecule has 21 heavy (non-hydrogen) atoms. The SMILES string of the molecule is Fc1ccc(N(c2ccc(F)c(Cl)c2)C2CCNC2)cn1. The summed E-state index contributed by atoms with van der Waals surface area (Å²) in [4.78, 5) is 5.71. The Bertz CT molecular complexity index is 627. The molecule has 1 unspecified atom stereocenters. The molecule has 0 bridgehead atoms. The van der Waals surface area contributed by atoms with Crippen LogP contribution in [0.2, 0.25) is 5.02 Å². The Balaban J connectivity index is 2.02. The van der Waals surface area contributed by atoms with Crippen molar-refractivity contribution in [3.8, 4) is 0 Å². The second-order valence-corrected chi connectivity index (χ2v) is 5.36. The fourth-order valence-electron chi connectivity index (χ4n) is 2.58. The largest absolute Gasteiger partial charge is 0.336 e. The highest BCUT2D eigenvalue weighted by Crippen LogP contribution is 2.32. The molecule has 1 N–H and O–H groups in total. The summed E-state index contributed by atoms with van der Waals surface area (Å²) >= 11 is 5.88. The molecule has 1 aliphatic heterocycles. The van der Waals surface area contributed by atoms with Gasteiger partial charge in [-0.05, 0) is 43.3 Å². The zero-order valence-corrected chi connectivity index (χ0v) is 11.9. The molecule has 0 radical (unpaired) electrons. The second kappa shape index (κ2) is 5.95. The van der Waals surface area contributed by atoms with Crippen molar-refractivity contribution in [2.75, 3.05) is 18.0 Å². The van der Waals surface area contributed by atoms with Crippen molar-refractivity contribution in [1.82, 2.24) is 10.3 Å². The van der Waals surface area contributed by atoms with Crippen LogP contribution in [0.1, 0.15) is 6.42 Å². The van der Waals surface area contributed by atoms with Gasteiger partial charge in [-0.1, -0.05) is 11.6 Å². The normalized spacial score (nSPS) is 18.0. The van der Waals surface area contributed by atoms with Crippen LogP contribution < -0.4 is 10.2 Å². The van der Waals surface area contributed by atoms with E-state index in [1.54, 1.807) is 18.2 Å². The molecule has 6 heteroatoms. The van der Waals surface area contributed by atoms with Crippen molar-refractivity contribution in [1.29, 1.82) is 0 Å². The Labute approximate surface area is 126 Å². The molecule has 0 aliphatic carbocycles. The van der Waals surface area contributed by atoms with E-state index in [2.05, 4.69) is 10.3 Å². The Kier molecular flexibility index (Phi) is 4.03. The van der Waals surface area contributed by atoms with Gasteiger partial charge in [0.05, 0.1) is 16.9 Å². The fraction of sp³-hybridized carbons (Fsp3) is 0.267. The summed E-state index contributed by atoms with van der Waals surface area (Å²) in [6, 6.07) is 7.76. The average molecular weight is 310 g/mol. The molecule has 3 rings (SSSR count). The van der Waals surface area contributed by atoms with Crippen LogP contribution in [0.4, 0.5) is 20.2 Å². The average Bonchev–Trinajstić information content (AvgIpc) is 2.99. The van der Waals surface area contributed by atoms with E-state index >= 15 is 0 Å². The van der Waals surface area contributed by atoms with Gasteiger partial charge >= 0.3 is 0 Å². The van der Waals surface area contributed by atoms with Crippen molar-refractivity contribution in [3.63, 3.8) is 0 Å². The van der Waals surface area contributed by atoms with E-state index in [-0.39, 0.29) is 11.1 Å². The van der Waals surface area contributed by atoms with Gasteiger partial charge in [-0.2, -0.15) is 4.39 Å². The number of nitrogens with one attached hydrogen (secondary N) is 1. The molecule has 1 saturated heterocycles. The molecule has 0 spiro atoms. The first kappa shape index (κ1) is 14.2. The third-order valence-electron chi connectivity index (χ3n) is 3.57. The van der Waals surface area contributed by atoms with Gasteiger partial charge in [0.25, 0.3) is 0 Å². The van der Waals surface area contributed by atoms with Crippen molar-refractivity contribution in [2.24, 2.45) is 0 Å². The predicted molar refractivity (Wildman–Crippen MR) is 79.0 cm³/mol. The molecule has 1 fully saturated rings. The highest BCUT2D eigenvalue weighted by molar-refractivity contribution is 6.31. The predicted octanol–water partition coefficient (Wildman–Crippen LogP) is 3.51. The number of rotatable bonds is 3. The Morgan fingerprint density at radius 3 is 2.62 bits per heavy atom. The first-order valence-corrected chi connectivity index (χ1v) is 7.09. The molecule has 1 atom stereocenters. The lowest BCUT2D eigenvalue weighted by Crippen LogP contribution is -2.33. The van der Waals surface area contributed by atoms with E-state index in [1.807, 2.05) is 4.90 Å². The monoisotopic (exact) mass is 309 g/mol. The minimum absolute atomic E-state index is 0.0681. The highest BCUT2D eigenvalue weighted by atomic mass is 35.5. The van der Waals surface area contributed by atoms with E-state index in [0.717, 1.165) is 30.9 Å². The molecule has 0 amide bonds. The fourth-order valence-corrected chi connectivity index (χ4v) is 2.75. The zero-order chi connectivity index (χ0) is 14.8. The molecule has 2 heterocycles. The van der Waals surface area contributed by atoms with Crippen LogP contribution in [0.3, 0.4) is 0 Å². The third kappa shape index (κ3) is 2.99. The number of aromatic nitrogens is 1. The molecule has 0 saturated carbocycles. The van der Waals surface area contributed by atoms with Crippen LogP contribution in [0, 0.1) is 11.8 Å². The van der Waals surface area contributed by atoms with Gasteiger partial charge < -0.3 is 10.2 Å². The maximum Gasteiger partial charge on any atom is 0.212 e. The van der Waals surface area contributed by atoms with Crippen LogP contribution in [-0.4, -0.2) is 24.1 Å². The Morgan fingerprint density at radius 1 is 1.19 bits per heavy atom. The molecule has 2 aromatic rings. The second-order valence-electron chi connectivity index (χ2n) is 4.95. The third-order valence-corrected chi connectivity index (χ3v) is 3.86. The van der Waals surface area contributed by atoms with Crippen LogP contribution in [0.5, 0.6) is 0 Å². The maximum atomic E-state index is 13.4. The zero-order valence-electron chi connectivity index (χ0n) is 11.2. The van der Waals surface area contributed by atoms with Crippen molar-refractivity contribution >= 4 is 23.0 Å². The summed E-state index contributed by atoms with van der Waals surface area (Å²) in [6.07, 6.45) is 2.41. The lowest BCUT2D eigenvalue weighted by atomic mass is 10.1. The van der Waals surface area contributed by atoms with Gasteiger partial charge in [0, 0.05) is 18.3 Å². The van der Waals surface area contributed by atoms with Crippen molar-refractivity contribution in [3.05, 3.63) is 53.3 Å². The minimum atomic E-state index is -0.527. The number of halogens is 3. The molecule has 3 nitrogen and oxygen atoms in total. The Morgan fingerprint density at radius 2 is 2.00 bits per heavy atom. The molecule has 1 aliphatic rings.